The molecule has 0 bridgehead atoms. The van der Waals surface area contributed by atoms with E-state index in [1.54, 1.807) is 18.2 Å². The number of anilines is 1. The zero-order valence-electron chi connectivity index (χ0n) is 10.5. The van der Waals surface area contributed by atoms with E-state index in [-0.39, 0.29) is 5.75 Å². The maximum atomic E-state index is 12.2. The summed E-state index contributed by atoms with van der Waals surface area (Å²) in [6.45, 7) is 0.341. The van der Waals surface area contributed by atoms with Gasteiger partial charge < -0.3 is 10.1 Å². The Balaban J connectivity index is 2.07. The van der Waals surface area contributed by atoms with Crippen molar-refractivity contribution in [3.05, 3.63) is 57.5 Å². The molecule has 0 saturated heterocycles. The van der Waals surface area contributed by atoms with Crippen LogP contribution < -0.4 is 10.1 Å². The Morgan fingerprint density at radius 2 is 1.86 bits per heavy atom. The Morgan fingerprint density at radius 1 is 1.14 bits per heavy atom. The van der Waals surface area contributed by atoms with Crippen molar-refractivity contribution in [2.75, 3.05) is 5.32 Å². The van der Waals surface area contributed by atoms with Crippen LogP contribution in [0.2, 0.25) is 5.02 Å². The molecule has 0 unspecified atom stereocenters. The van der Waals surface area contributed by atoms with Crippen molar-refractivity contribution in [2.24, 2.45) is 0 Å². The molecule has 0 fully saturated rings. The normalized spacial score (nSPS) is 11.3. The molecule has 0 aliphatic heterocycles. The molecule has 0 amide bonds. The van der Waals surface area contributed by atoms with E-state index in [0.29, 0.717) is 21.6 Å². The molecule has 0 saturated carbocycles. The first-order valence-corrected chi connectivity index (χ1v) is 7.05. The third-order valence-corrected chi connectivity index (χ3v) is 3.96. The maximum Gasteiger partial charge on any atom is 0.573 e. The van der Waals surface area contributed by atoms with E-state index in [4.69, 9.17) is 11.6 Å². The first-order valence-electron chi connectivity index (χ1n) is 5.88. The van der Waals surface area contributed by atoms with Gasteiger partial charge in [0.1, 0.15) is 5.75 Å². The maximum absolute atomic E-state index is 12.2. The van der Waals surface area contributed by atoms with E-state index in [0.717, 1.165) is 5.69 Å². The van der Waals surface area contributed by atoms with Crippen LogP contribution in [0.4, 0.5) is 18.9 Å². The van der Waals surface area contributed by atoms with Gasteiger partial charge in [0.2, 0.25) is 0 Å². The minimum absolute atomic E-state index is 0.244. The fourth-order valence-corrected chi connectivity index (χ4v) is 2.27. The van der Waals surface area contributed by atoms with E-state index in [9.17, 15) is 13.2 Å². The Hall–Kier alpha value is -1.40. The van der Waals surface area contributed by atoms with Gasteiger partial charge in [0.15, 0.2) is 0 Å². The van der Waals surface area contributed by atoms with Crippen molar-refractivity contribution in [3.63, 3.8) is 0 Å². The summed E-state index contributed by atoms with van der Waals surface area (Å²) in [6, 6.07) is 11.1. The predicted molar refractivity (Wildman–Crippen MR) is 79.6 cm³/mol. The summed E-state index contributed by atoms with van der Waals surface area (Å²) in [7, 11) is 0. The highest BCUT2D eigenvalue weighted by Crippen LogP contribution is 2.30. The summed E-state index contributed by atoms with van der Waals surface area (Å²) < 4.78 is 41.1. The molecule has 0 aromatic heterocycles. The van der Waals surface area contributed by atoms with Gasteiger partial charge in [-0.05, 0) is 45.8 Å². The van der Waals surface area contributed by atoms with Crippen LogP contribution in [-0.2, 0) is 6.54 Å². The molecule has 0 heterocycles. The molecular weight excluding hydrogens is 371 g/mol. The van der Waals surface area contributed by atoms with Crippen LogP contribution in [0.1, 0.15) is 5.56 Å². The Morgan fingerprint density at radius 3 is 2.57 bits per heavy atom. The fraction of sp³-hybridized carbons (Fsp3) is 0.143. The van der Waals surface area contributed by atoms with E-state index in [2.05, 4.69) is 26.0 Å². The first-order chi connectivity index (χ1) is 9.85. The molecule has 0 radical (unpaired) electrons. The van der Waals surface area contributed by atoms with Crippen LogP contribution in [0.5, 0.6) is 5.75 Å². The summed E-state index contributed by atoms with van der Waals surface area (Å²) >= 11 is 9.30. The second-order valence-corrected chi connectivity index (χ2v) is 5.35. The molecule has 1 N–H and O–H groups in total. The molecular formula is C14H10BrClF3NO. The van der Waals surface area contributed by atoms with Crippen LogP contribution >= 0.6 is 27.5 Å². The Labute approximate surface area is 133 Å². The van der Waals surface area contributed by atoms with Gasteiger partial charge in [-0.2, -0.15) is 0 Å². The lowest BCUT2D eigenvalue weighted by molar-refractivity contribution is -0.274. The SMILES string of the molecule is FC(F)(F)Oc1cccc(CNc2cccc(Cl)c2Br)c1. The minimum Gasteiger partial charge on any atom is -0.406 e. The average Bonchev–Trinajstić information content (AvgIpc) is 2.39. The van der Waals surface area contributed by atoms with Crippen molar-refractivity contribution in [1.29, 1.82) is 0 Å². The van der Waals surface area contributed by atoms with Gasteiger partial charge in [-0.1, -0.05) is 29.8 Å². The smallest absolute Gasteiger partial charge is 0.406 e. The van der Waals surface area contributed by atoms with E-state index in [1.165, 1.54) is 18.2 Å². The van der Waals surface area contributed by atoms with Crippen LogP contribution in [-0.4, -0.2) is 6.36 Å². The molecule has 21 heavy (non-hydrogen) atoms. The van der Waals surface area contributed by atoms with Gasteiger partial charge in [-0.15, -0.1) is 13.2 Å². The quantitative estimate of drug-likeness (QED) is 0.744. The topological polar surface area (TPSA) is 21.3 Å². The molecule has 2 nitrogen and oxygen atoms in total. The van der Waals surface area contributed by atoms with Gasteiger partial charge >= 0.3 is 6.36 Å². The number of benzene rings is 2. The lowest BCUT2D eigenvalue weighted by Crippen LogP contribution is -2.17. The van der Waals surface area contributed by atoms with Gasteiger partial charge in [0.25, 0.3) is 0 Å². The number of rotatable bonds is 4. The largest absolute Gasteiger partial charge is 0.573 e. The van der Waals surface area contributed by atoms with Crippen LogP contribution in [0.15, 0.2) is 46.9 Å². The lowest BCUT2D eigenvalue weighted by Gasteiger charge is -2.12. The van der Waals surface area contributed by atoms with Crippen LogP contribution in [0, 0.1) is 0 Å². The third kappa shape index (κ3) is 4.82. The molecule has 2 aromatic rings. The number of alkyl halides is 3. The minimum atomic E-state index is -4.69. The van der Waals surface area contributed by atoms with Gasteiger partial charge in [-0.25, -0.2) is 0 Å². The van der Waals surface area contributed by atoms with Crippen molar-refractivity contribution in [1.82, 2.24) is 0 Å². The highest BCUT2D eigenvalue weighted by Gasteiger charge is 2.31. The molecule has 2 aromatic carbocycles. The Kier molecular flexibility index (Phi) is 5.00. The number of nitrogens with one attached hydrogen (secondary N) is 1. The zero-order chi connectivity index (χ0) is 15.5. The van der Waals surface area contributed by atoms with Crippen molar-refractivity contribution in [3.8, 4) is 5.75 Å². The summed E-state index contributed by atoms with van der Waals surface area (Å²) in [4.78, 5) is 0. The molecule has 7 heteroatoms. The Bertz CT molecular complexity index is 634. The second kappa shape index (κ2) is 6.58. The van der Waals surface area contributed by atoms with E-state index >= 15 is 0 Å². The number of hydrogen-bond acceptors (Lipinski definition) is 2. The monoisotopic (exact) mass is 379 g/mol. The highest BCUT2D eigenvalue weighted by atomic mass is 79.9. The number of ether oxygens (including phenoxy) is 1. The summed E-state index contributed by atoms with van der Waals surface area (Å²) in [6.07, 6.45) is -4.69. The third-order valence-electron chi connectivity index (χ3n) is 2.57. The van der Waals surface area contributed by atoms with Gasteiger partial charge in [0, 0.05) is 6.54 Å². The van der Waals surface area contributed by atoms with Crippen molar-refractivity contribution < 1.29 is 17.9 Å². The van der Waals surface area contributed by atoms with Gasteiger partial charge in [0.05, 0.1) is 15.2 Å². The molecule has 2 rings (SSSR count). The van der Waals surface area contributed by atoms with Gasteiger partial charge in [-0.3, -0.25) is 0 Å². The molecule has 0 spiro atoms. The van der Waals surface area contributed by atoms with Crippen molar-refractivity contribution in [2.45, 2.75) is 12.9 Å². The fourth-order valence-electron chi connectivity index (χ4n) is 1.69. The van der Waals surface area contributed by atoms with Crippen LogP contribution in [0.25, 0.3) is 0 Å². The standard InChI is InChI=1S/C14H10BrClF3NO/c15-13-11(16)5-2-6-12(13)20-8-9-3-1-4-10(7-9)21-14(17,18)19/h1-7,20H,8H2. The summed E-state index contributed by atoms with van der Waals surface area (Å²) in [5.41, 5.74) is 1.41. The average molecular weight is 381 g/mol. The molecule has 0 aliphatic rings. The number of halogens is 5. The van der Waals surface area contributed by atoms with E-state index < -0.39 is 6.36 Å². The predicted octanol–water partition coefficient (Wildman–Crippen LogP) is 5.61. The summed E-state index contributed by atoms with van der Waals surface area (Å²) in [5, 5.41) is 3.64. The van der Waals surface area contributed by atoms with Crippen LogP contribution in [0.3, 0.4) is 0 Å². The lowest BCUT2D eigenvalue weighted by atomic mass is 10.2. The molecule has 112 valence electrons. The zero-order valence-corrected chi connectivity index (χ0v) is 12.9. The highest BCUT2D eigenvalue weighted by molar-refractivity contribution is 9.10. The summed E-state index contributed by atoms with van der Waals surface area (Å²) in [5.74, 6) is -0.244. The first kappa shape index (κ1) is 16.0. The van der Waals surface area contributed by atoms with E-state index in [1.807, 2.05) is 6.07 Å². The van der Waals surface area contributed by atoms with Crippen molar-refractivity contribution >= 4 is 33.2 Å². The number of hydrogen-bond donors (Lipinski definition) is 1. The molecule has 0 atom stereocenters. The molecule has 0 aliphatic carbocycles. The second-order valence-electron chi connectivity index (χ2n) is 4.15.